The summed E-state index contributed by atoms with van der Waals surface area (Å²) in [4.78, 5) is 12.0. The van der Waals surface area contributed by atoms with Crippen molar-refractivity contribution in [1.29, 1.82) is 0 Å². The van der Waals surface area contributed by atoms with Crippen LogP contribution in [0.1, 0.15) is 65.2 Å². The first-order chi connectivity index (χ1) is 9.53. The number of hydrogen-bond donors (Lipinski definition) is 1. The molecular formula is C18H29NO. The zero-order chi connectivity index (χ0) is 14.0. The summed E-state index contributed by atoms with van der Waals surface area (Å²) < 4.78 is 0. The maximum atomic E-state index is 12.0. The van der Waals surface area contributed by atoms with Gasteiger partial charge in [-0.2, -0.15) is 0 Å². The van der Waals surface area contributed by atoms with Gasteiger partial charge in [-0.15, -0.1) is 0 Å². The van der Waals surface area contributed by atoms with E-state index in [1.54, 1.807) is 0 Å². The van der Waals surface area contributed by atoms with Gasteiger partial charge in [0.15, 0.2) is 0 Å². The van der Waals surface area contributed by atoms with Crippen molar-refractivity contribution in [3.63, 3.8) is 0 Å². The number of carbonyl (C=O) groups is 1. The zero-order valence-corrected chi connectivity index (χ0v) is 13.1. The Morgan fingerprint density at radius 1 is 1.05 bits per heavy atom. The molecule has 1 N–H and O–H groups in total. The Labute approximate surface area is 123 Å². The number of hydrogen-bond acceptors (Lipinski definition) is 1. The fourth-order valence-electron chi connectivity index (χ4n) is 6.78. The molecule has 4 aliphatic rings. The van der Waals surface area contributed by atoms with Gasteiger partial charge in [0.05, 0.1) is 0 Å². The van der Waals surface area contributed by atoms with Crippen LogP contribution in [0.2, 0.25) is 0 Å². The lowest BCUT2D eigenvalue weighted by Crippen LogP contribution is -2.57. The van der Waals surface area contributed by atoms with Gasteiger partial charge in [-0.3, -0.25) is 4.79 Å². The summed E-state index contributed by atoms with van der Waals surface area (Å²) in [6, 6.07) is 0. The average Bonchev–Trinajstić information content (AvgIpc) is 2.79. The molecule has 4 fully saturated rings. The monoisotopic (exact) mass is 275 g/mol. The van der Waals surface area contributed by atoms with Crippen molar-refractivity contribution in [2.24, 2.45) is 34.5 Å². The van der Waals surface area contributed by atoms with Gasteiger partial charge in [-0.1, -0.05) is 20.3 Å². The minimum absolute atomic E-state index is 0.301. The van der Waals surface area contributed by atoms with Crippen LogP contribution < -0.4 is 5.32 Å². The molecule has 112 valence electrons. The largest absolute Gasteiger partial charge is 0.356 e. The molecule has 0 radical (unpaired) electrons. The summed E-state index contributed by atoms with van der Waals surface area (Å²) in [5, 5.41) is 3.12. The van der Waals surface area contributed by atoms with Crippen LogP contribution in [0.3, 0.4) is 0 Å². The zero-order valence-electron chi connectivity index (χ0n) is 13.1. The highest BCUT2D eigenvalue weighted by Gasteiger charge is 2.58. The van der Waals surface area contributed by atoms with Crippen molar-refractivity contribution in [2.45, 2.75) is 65.2 Å². The second-order valence-corrected chi connectivity index (χ2v) is 8.72. The average molecular weight is 275 g/mol. The fourth-order valence-corrected chi connectivity index (χ4v) is 6.78. The van der Waals surface area contributed by atoms with E-state index < -0.39 is 0 Å². The normalized spacial score (nSPS) is 54.6. The van der Waals surface area contributed by atoms with Crippen LogP contribution in [0, 0.1) is 34.5 Å². The Kier molecular flexibility index (Phi) is 2.79. The van der Waals surface area contributed by atoms with Gasteiger partial charge >= 0.3 is 0 Å². The van der Waals surface area contributed by atoms with Crippen LogP contribution in [0.25, 0.3) is 0 Å². The van der Waals surface area contributed by atoms with E-state index in [0.717, 1.165) is 36.6 Å². The molecule has 20 heavy (non-hydrogen) atoms. The highest BCUT2D eigenvalue weighted by atomic mass is 16.1. The second kappa shape index (κ2) is 4.24. The highest BCUT2D eigenvalue weighted by Crippen LogP contribution is 2.64. The molecular weight excluding hydrogens is 246 g/mol. The van der Waals surface area contributed by atoms with Gasteiger partial charge < -0.3 is 5.32 Å². The molecule has 4 rings (SSSR count). The number of nitrogens with one attached hydrogen (secondary N) is 1. The third-order valence-corrected chi connectivity index (χ3v) is 7.93. The third kappa shape index (κ3) is 1.66. The Hall–Kier alpha value is -0.530. The van der Waals surface area contributed by atoms with E-state index in [4.69, 9.17) is 0 Å². The smallest absolute Gasteiger partial charge is 0.220 e. The second-order valence-electron chi connectivity index (χ2n) is 8.72. The van der Waals surface area contributed by atoms with Gasteiger partial charge in [0.2, 0.25) is 5.91 Å². The molecule has 0 aromatic heterocycles. The molecule has 0 aromatic rings. The maximum absolute atomic E-state index is 12.0. The lowest BCUT2D eigenvalue weighted by Gasteiger charge is -2.59. The molecule has 0 aromatic carbocycles. The Morgan fingerprint density at radius 3 is 2.75 bits per heavy atom. The molecule has 2 nitrogen and oxygen atoms in total. The quantitative estimate of drug-likeness (QED) is 0.716. The van der Waals surface area contributed by atoms with Gasteiger partial charge in [-0.25, -0.2) is 0 Å². The first-order valence-electron chi connectivity index (χ1n) is 8.80. The molecule has 6 atom stereocenters. The summed E-state index contributed by atoms with van der Waals surface area (Å²) in [5.74, 6) is 3.76. The highest BCUT2D eigenvalue weighted by molar-refractivity contribution is 5.77. The molecule has 1 heterocycles. The molecule has 1 aliphatic heterocycles. The summed E-state index contributed by atoms with van der Waals surface area (Å²) in [6.45, 7) is 5.95. The van der Waals surface area contributed by atoms with Crippen molar-refractivity contribution in [2.75, 3.05) is 6.54 Å². The van der Waals surface area contributed by atoms with Crippen LogP contribution in [0.15, 0.2) is 0 Å². The molecule has 1 amide bonds. The molecule has 0 bridgehead atoms. The number of amides is 1. The molecule has 3 aliphatic carbocycles. The van der Waals surface area contributed by atoms with E-state index in [1.165, 1.54) is 44.9 Å². The lowest BCUT2D eigenvalue weighted by molar-refractivity contribution is -0.141. The first-order valence-corrected chi connectivity index (χ1v) is 8.80. The first kappa shape index (κ1) is 13.2. The topological polar surface area (TPSA) is 29.1 Å². The van der Waals surface area contributed by atoms with E-state index in [9.17, 15) is 4.79 Å². The van der Waals surface area contributed by atoms with E-state index in [2.05, 4.69) is 19.2 Å². The number of piperidine rings is 1. The number of rotatable bonds is 0. The number of fused-ring (bicyclic) bond motifs is 5. The van der Waals surface area contributed by atoms with Crippen LogP contribution in [-0.2, 0) is 4.79 Å². The third-order valence-electron chi connectivity index (χ3n) is 7.93. The van der Waals surface area contributed by atoms with Gasteiger partial charge in [0, 0.05) is 13.0 Å². The summed E-state index contributed by atoms with van der Waals surface area (Å²) in [5.41, 5.74) is 0.941. The van der Waals surface area contributed by atoms with E-state index in [1.807, 2.05) is 0 Å². The van der Waals surface area contributed by atoms with Crippen LogP contribution in [0.4, 0.5) is 0 Å². The summed E-state index contributed by atoms with van der Waals surface area (Å²) in [6.07, 6.45) is 10.8. The van der Waals surface area contributed by atoms with E-state index in [-0.39, 0.29) is 0 Å². The van der Waals surface area contributed by atoms with Crippen molar-refractivity contribution in [1.82, 2.24) is 5.32 Å². The van der Waals surface area contributed by atoms with Crippen LogP contribution in [-0.4, -0.2) is 12.5 Å². The minimum Gasteiger partial charge on any atom is -0.356 e. The minimum atomic E-state index is 0.301. The van der Waals surface area contributed by atoms with E-state index >= 15 is 0 Å². The Morgan fingerprint density at radius 2 is 1.90 bits per heavy atom. The lowest BCUT2D eigenvalue weighted by atomic mass is 9.46. The van der Waals surface area contributed by atoms with Crippen molar-refractivity contribution < 1.29 is 4.79 Å². The van der Waals surface area contributed by atoms with Gasteiger partial charge in [0.25, 0.3) is 0 Å². The van der Waals surface area contributed by atoms with Gasteiger partial charge in [0.1, 0.15) is 0 Å². The van der Waals surface area contributed by atoms with Crippen molar-refractivity contribution >= 4 is 5.91 Å². The predicted molar refractivity (Wildman–Crippen MR) is 80.1 cm³/mol. The summed E-state index contributed by atoms with van der Waals surface area (Å²) in [7, 11) is 0. The fraction of sp³-hybridized carbons (Fsp3) is 0.944. The van der Waals surface area contributed by atoms with Crippen LogP contribution >= 0.6 is 0 Å². The van der Waals surface area contributed by atoms with Crippen molar-refractivity contribution in [3.8, 4) is 0 Å². The Bertz CT molecular complexity index is 433. The Balaban J connectivity index is 1.66. The van der Waals surface area contributed by atoms with Crippen LogP contribution in [0.5, 0.6) is 0 Å². The van der Waals surface area contributed by atoms with Crippen molar-refractivity contribution in [3.05, 3.63) is 0 Å². The molecule has 0 spiro atoms. The standard InChI is InChI=1S/C18H29NO/c1-17-8-3-4-14(17)13-6-5-12-11-19-16(20)10-18(12,2)15(13)7-9-17/h12-15H,3-11H2,1-2H3,(H,19,20). The molecule has 6 unspecified atom stereocenters. The molecule has 3 saturated carbocycles. The maximum Gasteiger partial charge on any atom is 0.220 e. The molecule has 1 saturated heterocycles. The van der Waals surface area contributed by atoms with E-state index in [0.29, 0.717) is 16.7 Å². The van der Waals surface area contributed by atoms with Gasteiger partial charge in [-0.05, 0) is 73.0 Å². The number of carbonyl (C=O) groups excluding carboxylic acids is 1. The summed E-state index contributed by atoms with van der Waals surface area (Å²) >= 11 is 0. The SMILES string of the molecule is CC12CCCC1C1CCC3CNC(=O)CC3(C)C1CC2. The molecule has 2 heteroatoms. The predicted octanol–water partition coefficient (Wildman–Crippen LogP) is 3.76.